The zero-order valence-electron chi connectivity index (χ0n) is 9.50. The smallest absolute Gasteiger partial charge is 0 e. The number of carbonyl (C=O) groups is 1. The van der Waals surface area contributed by atoms with Crippen molar-refractivity contribution in [2.45, 2.75) is 0 Å². The van der Waals surface area contributed by atoms with Crippen LogP contribution >= 0.6 is 0 Å². The molecule has 0 saturated carbocycles. The van der Waals surface area contributed by atoms with Crippen molar-refractivity contribution < 1.29 is 52.3 Å². The molecule has 0 aromatic heterocycles. The van der Waals surface area contributed by atoms with Gasteiger partial charge in [-0.3, -0.25) is 4.79 Å². The molecule has 5 heteroatoms. The third-order valence-electron chi connectivity index (χ3n) is 2.07. The van der Waals surface area contributed by atoms with E-state index in [0.717, 1.165) is 11.1 Å². The zero-order chi connectivity index (χ0) is 12.5. The van der Waals surface area contributed by atoms with Crippen molar-refractivity contribution in [1.29, 1.82) is 0 Å². The molecule has 0 spiro atoms. The Hall–Kier alpha value is -0.861. The molecule has 18 heavy (non-hydrogen) atoms. The molecule has 0 unspecified atom stereocenters. The van der Waals surface area contributed by atoms with Crippen molar-refractivity contribution in [3.8, 4) is 0 Å². The Bertz CT molecular complexity index is 465. The van der Waals surface area contributed by atoms with Gasteiger partial charge in [-0.15, -0.1) is 0 Å². The van der Waals surface area contributed by atoms with Crippen LogP contribution in [0.2, 0.25) is 0 Å². The largest absolute Gasteiger partial charge is 0 e. The van der Waals surface area contributed by atoms with E-state index in [1.807, 2.05) is 60.7 Å². The number of benzene rings is 2. The monoisotopic (exact) mass is 310 g/mol. The van der Waals surface area contributed by atoms with E-state index in [2.05, 4.69) is 0 Å². The third-order valence-corrected chi connectivity index (χ3v) is 2.07. The third kappa shape index (κ3) is 5.65. The first-order valence-corrected chi connectivity index (χ1v) is 6.21. The fourth-order valence-corrected chi connectivity index (χ4v) is 1.35. The van der Waals surface area contributed by atoms with E-state index < -0.39 is 19.1 Å². The van der Waals surface area contributed by atoms with Gasteiger partial charge >= 0.3 is 25.7 Å². The van der Waals surface area contributed by atoms with Crippen LogP contribution in [0.3, 0.4) is 0 Å². The van der Waals surface area contributed by atoms with Crippen LogP contribution in [0.1, 0.15) is 15.9 Å². The van der Waals surface area contributed by atoms with E-state index >= 15 is 0 Å². The normalized spacial score (nSPS) is 8.00. The molecule has 0 N–H and O–H groups in total. The number of ketones is 1. The first-order valence-electron chi connectivity index (χ1n) is 4.93. The van der Waals surface area contributed by atoms with Gasteiger partial charge in [-0.1, -0.05) is 60.7 Å². The van der Waals surface area contributed by atoms with Gasteiger partial charge in [-0.05, 0) is 0 Å². The molecular formula is C13H10O3Ti2. The van der Waals surface area contributed by atoms with Crippen molar-refractivity contribution in [2.24, 2.45) is 0 Å². The molecule has 2 rings (SSSR count). The first-order chi connectivity index (χ1) is 8.29. The fourth-order valence-electron chi connectivity index (χ4n) is 1.35. The van der Waals surface area contributed by atoms with Gasteiger partial charge in [-0.2, -0.15) is 0 Å². The average Bonchev–Trinajstić information content (AvgIpc) is 2.41. The summed E-state index contributed by atoms with van der Waals surface area (Å²) in [5.41, 5.74) is 1.47. The second-order valence-electron chi connectivity index (χ2n) is 3.14. The predicted molar refractivity (Wildman–Crippen MR) is 57.7 cm³/mol. The van der Waals surface area contributed by atoms with Crippen LogP contribution in [0.15, 0.2) is 60.7 Å². The summed E-state index contributed by atoms with van der Waals surface area (Å²) >= 11 is -2.00. The molecule has 0 heterocycles. The second kappa shape index (κ2) is 10.1. The molecule has 3 nitrogen and oxygen atoms in total. The Morgan fingerprint density at radius 3 is 1.28 bits per heavy atom. The number of hydrogen-bond donors (Lipinski definition) is 0. The molecule has 2 aromatic rings. The van der Waals surface area contributed by atoms with Gasteiger partial charge in [0.25, 0.3) is 0 Å². The summed E-state index contributed by atoms with van der Waals surface area (Å²) in [6, 6.07) is 18.6. The van der Waals surface area contributed by atoms with Crippen molar-refractivity contribution in [3.63, 3.8) is 0 Å². The van der Waals surface area contributed by atoms with Gasteiger partial charge in [0, 0.05) is 32.8 Å². The van der Waals surface area contributed by atoms with Crippen LogP contribution in [-0.2, 0) is 47.5 Å². The Labute approximate surface area is 129 Å². The molecule has 2 aromatic carbocycles. The van der Waals surface area contributed by atoms with Crippen molar-refractivity contribution in [1.82, 2.24) is 0 Å². The molecule has 0 amide bonds. The minimum Gasteiger partial charge on any atom is 0 e. The van der Waals surface area contributed by atoms with Crippen molar-refractivity contribution in [2.75, 3.05) is 0 Å². The summed E-state index contributed by atoms with van der Waals surface area (Å²) in [6.45, 7) is 0. The van der Waals surface area contributed by atoms with E-state index in [1.54, 1.807) is 0 Å². The summed E-state index contributed by atoms with van der Waals surface area (Å²) < 4.78 is 17.0. The summed E-state index contributed by atoms with van der Waals surface area (Å²) in [4.78, 5) is 11.8. The quantitative estimate of drug-likeness (QED) is 0.633. The van der Waals surface area contributed by atoms with Gasteiger partial charge in [0.1, 0.15) is 0 Å². The minimum atomic E-state index is -2.00. The Kier molecular flexibility index (Phi) is 9.61. The molecule has 0 aliphatic carbocycles. The average molecular weight is 310 g/mol. The Balaban J connectivity index is 0.000000660. The molecule has 0 atom stereocenters. The minimum absolute atomic E-state index is 0. The number of rotatable bonds is 2. The van der Waals surface area contributed by atoms with Crippen LogP contribution in [0.25, 0.3) is 0 Å². The maximum Gasteiger partial charge on any atom is 0 e. The zero-order valence-corrected chi connectivity index (χ0v) is 12.6. The molecule has 0 bridgehead atoms. The summed E-state index contributed by atoms with van der Waals surface area (Å²) in [5.74, 6) is 0.0752. The van der Waals surface area contributed by atoms with E-state index in [4.69, 9.17) is 6.65 Å². The maximum atomic E-state index is 11.8. The van der Waals surface area contributed by atoms with E-state index in [0.29, 0.717) is 0 Å². The Morgan fingerprint density at radius 1 is 0.722 bits per heavy atom. The molecule has 0 saturated heterocycles. The van der Waals surface area contributed by atoms with Crippen LogP contribution in [0.4, 0.5) is 0 Å². The second-order valence-corrected chi connectivity index (χ2v) is 3.40. The van der Waals surface area contributed by atoms with Crippen LogP contribution in [0, 0.1) is 0 Å². The molecule has 0 aliphatic heterocycles. The summed E-state index contributed by atoms with van der Waals surface area (Å²) in [7, 11) is 0. The first kappa shape index (κ1) is 17.1. The molecule has 0 fully saturated rings. The molecule has 88 valence electrons. The van der Waals surface area contributed by atoms with E-state index in [9.17, 15) is 4.79 Å². The summed E-state index contributed by atoms with van der Waals surface area (Å²) in [5, 5.41) is 0. The predicted octanol–water partition coefficient (Wildman–Crippen LogP) is 2.68. The Morgan fingerprint density at radius 2 is 1.00 bits per heavy atom. The van der Waals surface area contributed by atoms with Crippen LogP contribution < -0.4 is 0 Å². The SMILES string of the molecule is O=C(c1ccccc1)c1ccccc1.[O]=[Ti]=[O].[Ti]. The fraction of sp³-hybridized carbons (Fsp3) is 0. The topological polar surface area (TPSA) is 51.2 Å². The van der Waals surface area contributed by atoms with Crippen molar-refractivity contribution in [3.05, 3.63) is 71.8 Å². The summed E-state index contributed by atoms with van der Waals surface area (Å²) in [6.07, 6.45) is 0. The van der Waals surface area contributed by atoms with Gasteiger partial charge < -0.3 is 0 Å². The number of carbonyl (C=O) groups excluding carboxylic acids is 1. The van der Waals surface area contributed by atoms with Crippen LogP contribution in [-0.4, -0.2) is 5.78 Å². The molecule has 0 radical (unpaired) electrons. The van der Waals surface area contributed by atoms with Gasteiger partial charge in [-0.25, -0.2) is 0 Å². The standard InChI is InChI=1S/C13H10O.2O.2Ti/c14-13(11-7-3-1-4-8-11)12-9-5-2-6-10-12;;;;/h1-10H;;;;. The maximum absolute atomic E-state index is 11.8. The van der Waals surface area contributed by atoms with Gasteiger partial charge in [0.05, 0.1) is 0 Å². The van der Waals surface area contributed by atoms with Crippen molar-refractivity contribution >= 4 is 5.78 Å². The van der Waals surface area contributed by atoms with Gasteiger partial charge in [0.2, 0.25) is 0 Å². The van der Waals surface area contributed by atoms with Crippen LogP contribution in [0.5, 0.6) is 0 Å². The van der Waals surface area contributed by atoms with Gasteiger partial charge in [0.15, 0.2) is 5.78 Å². The van der Waals surface area contributed by atoms with E-state index in [1.165, 1.54) is 0 Å². The molecular weight excluding hydrogens is 300 g/mol. The molecule has 0 aliphatic rings. The number of hydrogen-bond acceptors (Lipinski definition) is 3. The van der Waals surface area contributed by atoms with E-state index in [-0.39, 0.29) is 27.5 Å².